The molecule has 0 atom stereocenters. The van der Waals surface area contributed by atoms with Gasteiger partial charge in [0.05, 0.1) is 0 Å². The van der Waals surface area contributed by atoms with E-state index < -0.39 is 0 Å². The summed E-state index contributed by atoms with van der Waals surface area (Å²) in [5.41, 5.74) is 4.90. The minimum absolute atomic E-state index is 0.381. The van der Waals surface area contributed by atoms with Crippen molar-refractivity contribution in [1.29, 1.82) is 0 Å². The van der Waals surface area contributed by atoms with E-state index in [-0.39, 0.29) is 5.91 Å². The Morgan fingerprint density at radius 2 is 1.89 bits per heavy atom. The van der Waals surface area contributed by atoms with Gasteiger partial charge in [0.15, 0.2) is 0 Å². The third-order valence-electron chi connectivity index (χ3n) is 0.662. The second kappa shape index (κ2) is 4.76. The largest absolute Gasteiger partial charge is 0.366 e. The zero-order chi connectivity index (χ0) is 7.28. The van der Waals surface area contributed by atoms with Crippen LogP contribution in [0.2, 0.25) is 0 Å². The zero-order valence-electron chi connectivity index (χ0n) is 5.38. The number of hydrogen-bond donors (Lipinski definition) is 1. The van der Waals surface area contributed by atoms with E-state index >= 15 is 0 Å². The zero-order valence-corrected chi connectivity index (χ0v) is 7.01. The van der Waals surface area contributed by atoms with E-state index in [2.05, 4.69) is 0 Å². The molecule has 4 heteroatoms. The van der Waals surface area contributed by atoms with E-state index in [9.17, 15) is 4.79 Å². The fraction of sp³-hybridized carbons (Fsp3) is 0.400. The summed E-state index contributed by atoms with van der Waals surface area (Å²) in [4.78, 5) is 10.2. The van der Waals surface area contributed by atoms with Gasteiger partial charge in [-0.1, -0.05) is 0 Å². The molecular formula is C5H9NOS2. The topological polar surface area (TPSA) is 43.1 Å². The maximum absolute atomic E-state index is 10.2. The average molecular weight is 163 g/mol. The lowest BCUT2D eigenvalue weighted by Crippen LogP contribution is -2.05. The molecule has 1 amide bonds. The highest BCUT2D eigenvalue weighted by molar-refractivity contribution is 8.21. The van der Waals surface area contributed by atoms with Crippen LogP contribution in [0.15, 0.2) is 10.3 Å². The minimum Gasteiger partial charge on any atom is -0.366 e. The number of hydrogen-bond acceptors (Lipinski definition) is 3. The molecule has 0 aliphatic heterocycles. The van der Waals surface area contributed by atoms with Crippen molar-refractivity contribution in [2.24, 2.45) is 5.73 Å². The molecule has 2 nitrogen and oxygen atoms in total. The number of carbonyl (C=O) groups is 1. The smallest absolute Gasteiger partial charge is 0.243 e. The summed E-state index contributed by atoms with van der Waals surface area (Å²) < 4.78 is 0.947. The van der Waals surface area contributed by atoms with Crippen LogP contribution >= 0.6 is 23.5 Å². The molecule has 0 aromatic rings. The SMILES string of the molecule is CSC(=CC(N)=O)SC. The first-order chi connectivity index (χ1) is 4.20. The number of primary amides is 1. The molecule has 0 fully saturated rings. The highest BCUT2D eigenvalue weighted by atomic mass is 32.2. The van der Waals surface area contributed by atoms with Crippen molar-refractivity contribution in [2.45, 2.75) is 0 Å². The molecule has 0 bridgehead atoms. The molecule has 0 radical (unpaired) electrons. The van der Waals surface area contributed by atoms with Crippen molar-refractivity contribution in [1.82, 2.24) is 0 Å². The Hall–Kier alpha value is -0.0900. The third kappa shape index (κ3) is 4.42. The van der Waals surface area contributed by atoms with Crippen molar-refractivity contribution < 1.29 is 4.79 Å². The number of nitrogens with two attached hydrogens (primary N) is 1. The first-order valence-corrected chi connectivity index (χ1v) is 4.74. The lowest BCUT2D eigenvalue weighted by atomic mass is 10.6. The molecule has 2 N–H and O–H groups in total. The second-order valence-corrected chi connectivity index (χ2v) is 3.23. The Labute approximate surface area is 63.3 Å². The van der Waals surface area contributed by atoms with E-state index in [1.54, 1.807) is 0 Å². The van der Waals surface area contributed by atoms with Gasteiger partial charge in [0.2, 0.25) is 5.91 Å². The quantitative estimate of drug-likeness (QED) is 0.632. The number of thioether (sulfide) groups is 2. The molecule has 0 aromatic carbocycles. The van der Waals surface area contributed by atoms with Crippen molar-refractivity contribution in [3.8, 4) is 0 Å². The van der Waals surface area contributed by atoms with Crippen LogP contribution in [0, 0.1) is 0 Å². The van der Waals surface area contributed by atoms with Crippen molar-refractivity contribution in [2.75, 3.05) is 12.5 Å². The van der Waals surface area contributed by atoms with Crippen LogP contribution in [0.25, 0.3) is 0 Å². The van der Waals surface area contributed by atoms with Crippen LogP contribution in [0.4, 0.5) is 0 Å². The standard InChI is InChI=1S/C5H9NOS2/c1-8-5(9-2)3-4(6)7/h3H,1-2H3,(H2,6,7). The van der Waals surface area contributed by atoms with E-state index in [0.717, 1.165) is 4.24 Å². The van der Waals surface area contributed by atoms with Crippen LogP contribution in [-0.4, -0.2) is 18.4 Å². The lowest BCUT2D eigenvalue weighted by Gasteiger charge is -1.93. The van der Waals surface area contributed by atoms with Gasteiger partial charge >= 0.3 is 0 Å². The summed E-state index contributed by atoms with van der Waals surface area (Å²) in [5, 5.41) is 0. The Kier molecular flexibility index (Phi) is 4.71. The predicted octanol–water partition coefficient (Wildman–Crippen LogP) is 1.04. The van der Waals surface area contributed by atoms with Crippen LogP contribution in [-0.2, 0) is 4.79 Å². The van der Waals surface area contributed by atoms with Gasteiger partial charge in [-0.25, -0.2) is 0 Å². The predicted molar refractivity (Wildman–Crippen MR) is 44.3 cm³/mol. The summed E-state index contributed by atoms with van der Waals surface area (Å²) in [6.07, 6.45) is 5.24. The van der Waals surface area contributed by atoms with E-state index in [4.69, 9.17) is 5.73 Å². The minimum atomic E-state index is -0.381. The van der Waals surface area contributed by atoms with Crippen LogP contribution in [0.3, 0.4) is 0 Å². The molecule has 0 unspecified atom stereocenters. The van der Waals surface area contributed by atoms with Gasteiger partial charge in [-0.2, -0.15) is 0 Å². The Bertz CT molecular complexity index is 127. The third-order valence-corrected chi connectivity index (χ3v) is 2.70. The molecule has 52 valence electrons. The monoisotopic (exact) mass is 163 g/mol. The molecule has 0 aromatic heterocycles. The van der Waals surface area contributed by atoms with E-state index in [1.165, 1.54) is 29.6 Å². The van der Waals surface area contributed by atoms with E-state index in [1.807, 2.05) is 12.5 Å². The summed E-state index contributed by atoms with van der Waals surface area (Å²) in [7, 11) is 0. The fourth-order valence-electron chi connectivity index (χ4n) is 0.317. The van der Waals surface area contributed by atoms with E-state index in [0.29, 0.717) is 0 Å². The van der Waals surface area contributed by atoms with Gasteiger partial charge in [0.1, 0.15) is 0 Å². The van der Waals surface area contributed by atoms with Crippen molar-refractivity contribution >= 4 is 29.4 Å². The highest BCUT2D eigenvalue weighted by Crippen LogP contribution is 2.22. The molecule has 0 spiro atoms. The molecule has 0 aliphatic carbocycles. The van der Waals surface area contributed by atoms with Crippen molar-refractivity contribution in [3.63, 3.8) is 0 Å². The van der Waals surface area contributed by atoms with Gasteiger partial charge in [0, 0.05) is 10.3 Å². The van der Waals surface area contributed by atoms with Crippen LogP contribution < -0.4 is 5.73 Å². The molecule has 0 rings (SSSR count). The fourth-order valence-corrected chi connectivity index (χ4v) is 1.45. The maximum Gasteiger partial charge on any atom is 0.243 e. The number of rotatable bonds is 3. The summed E-state index contributed by atoms with van der Waals surface area (Å²) >= 11 is 3.04. The van der Waals surface area contributed by atoms with Gasteiger partial charge < -0.3 is 5.73 Å². The van der Waals surface area contributed by atoms with Crippen molar-refractivity contribution in [3.05, 3.63) is 10.3 Å². The Balaban J connectivity index is 3.91. The van der Waals surface area contributed by atoms with Crippen LogP contribution in [0.1, 0.15) is 0 Å². The normalized spacial score (nSPS) is 8.67. The highest BCUT2D eigenvalue weighted by Gasteiger charge is 1.92. The van der Waals surface area contributed by atoms with Gasteiger partial charge in [-0.15, -0.1) is 23.5 Å². The van der Waals surface area contributed by atoms with Gasteiger partial charge in [0.25, 0.3) is 0 Å². The second-order valence-electron chi connectivity index (χ2n) is 1.27. The Morgan fingerprint density at radius 1 is 1.44 bits per heavy atom. The Morgan fingerprint density at radius 3 is 2.00 bits per heavy atom. The van der Waals surface area contributed by atoms with Gasteiger partial charge in [-0.3, -0.25) is 4.79 Å². The summed E-state index contributed by atoms with van der Waals surface area (Å²) in [6.45, 7) is 0. The maximum atomic E-state index is 10.2. The number of amides is 1. The molecule has 0 saturated carbocycles. The summed E-state index contributed by atoms with van der Waals surface area (Å²) in [5.74, 6) is -0.381. The first-order valence-electron chi connectivity index (χ1n) is 2.29. The average Bonchev–Trinajstić information content (AvgIpc) is 1.82. The lowest BCUT2D eigenvalue weighted by molar-refractivity contribution is -0.113. The van der Waals surface area contributed by atoms with Crippen LogP contribution in [0.5, 0.6) is 0 Å². The summed E-state index contributed by atoms with van der Waals surface area (Å²) in [6, 6.07) is 0. The van der Waals surface area contributed by atoms with Gasteiger partial charge in [-0.05, 0) is 12.5 Å². The molecular weight excluding hydrogens is 154 g/mol. The number of carbonyl (C=O) groups excluding carboxylic acids is 1. The molecule has 9 heavy (non-hydrogen) atoms. The molecule has 0 saturated heterocycles. The molecule has 0 heterocycles. The first kappa shape index (κ1) is 8.91. The molecule has 0 aliphatic rings.